The van der Waals surface area contributed by atoms with E-state index < -0.39 is 30.4 Å². The molecule has 0 fully saturated rings. The number of nitriles is 1. The van der Waals surface area contributed by atoms with Crippen LogP contribution in [0.2, 0.25) is 0 Å². The van der Waals surface area contributed by atoms with Gasteiger partial charge in [0.05, 0.1) is 30.6 Å². The number of nitrogens with zero attached hydrogens (tertiary/aromatic N) is 2. The molecule has 2 rings (SSSR count). The Morgan fingerprint density at radius 1 is 1.08 bits per heavy atom. The third-order valence-corrected chi connectivity index (χ3v) is 3.56. The lowest BCUT2D eigenvalue weighted by Crippen LogP contribution is -2.40. The fraction of sp³-hybridized carbons (Fsp3) is 0.423. The van der Waals surface area contributed by atoms with Crippen molar-refractivity contribution in [3.05, 3.63) is 59.9 Å². The molecular weight excluding hydrogens is 479 g/mol. The molecule has 1 heterocycles. The van der Waals surface area contributed by atoms with E-state index in [-0.39, 0.29) is 6.54 Å². The Balaban J connectivity index is -0.00000114. The molecule has 0 aliphatic carbocycles. The van der Waals surface area contributed by atoms with Gasteiger partial charge in [-0.1, -0.05) is 54.0 Å². The molecule has 1 aromatic heterocycles. The zero-order valence-electron chi connectivity index (χ0n) is 22.8. The first-order valence-electron chi connectivity index (χ1n) is 12.1. The molecule has 1 unspecified atom stereocenters. The van der Waals surface area contributed by atoms with E-state index in [1.165, 1.54) is 38.0 Å². The number of anilines is 1. The summed E-state index contributed by atoms with van der Waals surface area (Å²) in [5.41, 5.74) is 5.86. The average molecular weight is 521 g/mol. The minimum Gasteiger partial charge on any atom is -0.347 e. The van der Waals surface area contributed by atoms with Gasteiger partial charge < -0.3 is 21.7 Å². The summed E-state index contributed by atoms with van der Waals surface area (Å²) in [5, 5.41) is 16.1. The van der Waals surface area contributed by atoms with Gasteiger partial charge in [-0.3, -0.25) is 14.7 Å². The number of benzene rings is 1. The van der Waals surface area contributed by atoms with Crippen molar-refractivity contribution in [1.29, 1.82) is 5.26 Å². The van der Waals surface area contributed by atoms with E-state index in [0.29, 0.717) is 16.8 Å². The Labute approximate surface area is 219 Å². The van der Waals surface area contributed by atoms with E-state index in [1.807, 2.05) is 33.8 Å². The highest BCUT2D eigenvalue weighted by Gasteiger charge is 2.20. The third-order valence-electron chi connectivity index (χ3n) is 3.56. The van der Waals surface area contributed by atoms with Crippen LogP contribution in [0.5, 0.6) is 0 Å². The molecule has 3 amide bonds. The minimum atomic E-state index is -1.15. The summed E-state index contributed by atoms with van der Waals surface area (Å²) in [5.74, 6) is -1.75. The number of hydrogen-bond acceptors (Lipinski definition) is 7. The van der Waals surface area contributed by atoms with Crippen LogP contribution in [0.4, 0.5) is 15.0 Å². The summed E-state index contributed by atoms with van der Waals surface area (Å²) in [4.78, 5) is 42.2. The fourth-order valence-electron chi connectivity index (χ4n) is 2.24. The van der Waals surface area contributed by atoms with Crippen molar-refractivity contribution in [2.75, 3.05) is 18.9 Å². The molecule has 1 atom stereocenters. The first kappa shape index (κ1) is 37.5. The van der Waals surface area contributed by atoms with Gasteiger partial charge in [0.25, 0.3) is 0 Å². The number of amides is 3. The lowest BCUT2D eigenvalue weighted by molar-refractivity contribution is -0.184. The molecular formula is C26H41FN6O4. The molecule has 0 spiro atoms. The van der Waals surface area contributed by atoms with Crippen molar-refractivity contribution in [1.82, 2.24) is 15.6 Å². The summed E-state index contributed by atoms with van der Waals surface area (Å²) < 4.78 is 12.0. The Kier molecular flexibility index (Phi) is 26.9. The van der Waals surface area contributed by atoms with E-state index in [2.05, 4.69) is 45.5 Å². The summed E-state index contributed by atoms with van der Waals surface area (Å²) in [6.45, 7) is 11.9. The van der Waals surface area contributed by atoms with Crippen molar-refractivity contribution in [3.63, 3.8) is 0 Å². The number of nitrogens with two attached hydrogens (primary N) is 1. The van der Waals surface area contributed by atoms with Crippen molar-refractivity contribution >= 4 is 23.6 Å². The Bertz CT molecular complexity index is 890. The molecule has 10 nitrogen and oxygen atoms in total. The van der Waals surface area contributed by atoms with Crippen LogP contribution in [0.15, 0.2) is 48.8 Å². The lowest BCUT2D eigenvalue weighted by atomic mass is 10.1. The number of nitrogens with one attached hydrogen (secondary N) is 3. The molecule has 0 aliphatic heterocycles. The Morgan fingerprint density at radius 3 is 2.11 bits per heavy atom. The number of carbonyl (C=O) groups excluding carboxylic acids is 3. The smallest absolute Gasteiger partial charge is 0.347 e. The molecule has 2 aromatic rings. The van der Waals surface area contributed by atoms with Crippen LogP contribution in [0.3, 0.4) is 0 Å². The lowest BCUT2D eigenvalue weighted by Gasteiger charge is -2.17. The highest BCUT2D eigenvalue weighted by molar-refractivity contribution is 5.92. The molecule has 37 heavy (non-hydrogen) atoms. The molecule has 0 radical (unpaired) electrons. The normalized spacial score (nSPS) is 9.19. The molecule has 206 valence electrons. The maximum Gasteiger partial charge on any atom is 0.351 e. The van der Waals surface area contributed by atoms with E-state index in [0.717, 1.165) is 0 Å². The number of rotatable bonds is 7. The number of halogens is 1. The van der Waals surface area contributed by atoms with Gasteiger partial charge in [0, 0.05) is 22.6 Å². The summed E-state index contributed by atoms with van der Waals surface area (Å²) in [6.07, 6.45) is 3.73. The van der Waals surface area contributed by atoms with Crippen LogP contribution in [-0.4, -0.2) is 36.5 Å². The van der Waals surface area contributed by atoms with Gasteiger partial charge >= 0.3 is 12.0 Å². The summed E-state index contributed by atoms with van der Waals surface area (Å²) in [6, 6.07) is 9.80. The SMILES string of the molecule is CC.CC.CCC.CN.N#Cc1ccc(NC(=O)NCC(=O)NC(CC(=O)OF)c2cccnc2)cc1. The highest BCUT2D eigenvalue weighted by atomic mass is 19.3. The number of aromatic nitrogens is 1. The molecule has 0 saturated heterocycles. The maximum atomic E-state index is 12.1. The molecule has 11 heteroatoms. The van der Waals surface area contributed by atoms with E-state index in [4.69, 9.17) is 5.26 Å². The quantitative estimate of drug-likeness (QED) is 0.408. The Morgan fingerprint density at radius 2 is 1.65 bits per heavy atom. The standard InChI is InChI=1S/C18H16FN5O4.C3H8.2C2H6.CH5N/c19-28-17(26)8-15(13-2-1-7-21-10-13)24-16(25)11-22-18(27)23-14-5-3-12(9-20)4-6-14;1-3-2;3*1-2/h1-7,10,15H,8,11H2,(H,24,25)(H2,22,23,27);3H2,1-2H3;2*1-2H3;2H2,1H3. The predicted molar refractivity (Wildman–Crippen MR) is 144 cm³/mol. The van der Waals surface area contributed by atoms with E-state index >= 15 is 0 Å². The minimum absolute atomic E-state index is 0.385. The van der Waals surface area contributed by atoms with Gasteiger partial charge in [0.2, 0.25) is 5.91 Å². The van der Waals surface area contributed by atoms with Crippen LogP contribution >= 0.6 is 0 Å². The molecule has 0 aliphatic rings. The first-order chi connectivity index (χ1) is 17.9. The van der Waals surface area contributed by atoms with Gasteiger partial charge in [-0.05, 0) is 42.9 Å². The second-order valence-corrected chi connectivity index (χ2v) is 6.26. The van der Waals surface area contributed by atoms with Crippen molar-refractivity contribution in [2.45, 2.75) is 60.4 Å². The summed E-state index contributed by atoms with van der Waals surface area (Å²) >= 11 is 0. The predicted octanol–water partition coefficient (Wildman–Crippen LogP) is 4.79. The number of urea groups is 1. The van der Waals surface area contributed by atoms with E-state index in [1.54, 1.807) is 24.3 Å². The van der Waals surface area contributed by atoms with Crippen LogP contribution in [0.1, 0.15) is 71.6 Å². The van der Waals surface area contributed by atoms with Gasteiger partial charge in [-0.15, -0.1) is 0 Å². The van der Waals surface area contributed by atoms with Gasteiger partial charge in [0.15, 0.2) is 0 Å². The molecule has 5 N–H and O–H groups in total. The number of carbonyl (C=O) groups is 3. The monoisotopic (exact) mass is 520 g/mol. The van der Waals surface area contributed by atoms with Crippen LogP contribution < -0.4 is 21.7 Å². The van der Waals surface area contributed by atoms with E-state index in [9.17, 15) is 18.9 Å². The first-order valence-corrected chi connectivity index (χ1v) is 12.1. The Hall–Kier alpha value is -4.04. The fourth-order valence-corrected chi connectivity index (χ4v) is 2.24. The van der Waals surface area contributed by atoms with Crippen LogP contribution in [-0.2, 0) is 14.5 Å². The summed E-state index contributed by atoms with van der Waals surface area (Å²) in [7, 11) is 1.50. The zero-order valence-corrected chi connectivity index (χ0v) is 22.8. The van der Waals surface area contributed by atoms with Gasteiger partial charge in [-0.25, -0.2) is 9.59 Å². The second-order valence-electron chi connectivity index (χ2n) is 6.26. The molecule has 0 saturated carbocycles. The molecule has 0 bridgehead atoms. The van der Waals surface area contributed by atoms with Crippen molar-refractivity contribution < 1.29 is 23.9 Å². The zero-order chi connectivity index (χ0) is 29.1. The maximum absolute atomic E-state index is 12.1. The second kappa shape index (κ2) is 26.6. The van der Waals surface area contributed by atoms with Gasteiger partial charge in [-0.2, -0.15) is 5.26 Å². The average Bonchev–Trinajstić information content (AvgIpc) is 2.96. The van der Waals surface area contributed by atoms with Gasteiger partial charge in [0.1, 0.15) is 0 Å². The topological polar surface area (TPSA) is 159 Å². The highest BCUT2D eigenvalue weighted by Crippen LogP contribution is 2.16. The number of hydrogen-bond donors (Lipinski definition) is 4. The van der Waals surface area contributed by atoms with Crippen molar-refractivity contribution in [3.8, 4) is 6.07 Å². The molecule has 1 aromatic carbocycles. The third kappa shape index (κ3) is 18.9. The number of pyridine rings is 1. The van der Waals surface area contributed by atoms with Crippen LogP contribution in [0.25, 0.3) is 0 Å². The largest absolute Gasteiger partial charge is 0.351 e. The van der Waals surface area contributed by atoms with Crippen molar-refractivity contribution in [2.24, 2.45) is 5.73 Å². The van der Waals surface area contributed by atoms with Crippen LogP contribution in [0, 0.1) is 11.3 Å².